The summed E-state index contributed by atoms with van der Waals surface area (Å²) in [6, 6.07) is 0. The van der Waals surface area contributed by atoms with Crippen molar-refractivity contribution in [2.45, 2.75) is 20.8 Å². The van der Waals surface area contributed by atoms with Crippen LogP contribution in [0.3, 0.4) is 0 Å². The van der Waals surface area contributed by atoms with E-state index >= 15 is 0 Å². The molecule has 64 valence electrons. The minimum atomic E-state index is -0.429. The molecule has 11 heavy (non-hydrogen) atoms. The third-order valence-electron chi connectivity index (χ3n) is 1.09. The molecule has 0 aromatic heterocycles. The number of carbonyl (C=O) groups excluding carboxylic acids is 1. The number of nitrogens with two attached hydrogens (primary N) is 1. The van der Waals surface area contributed by atoms with Gasteiger partial charge in [0.25, 0.3) is 0 Å². The van der Waals surface area contributed by atoms with E-state index in [-0.39, 0.29) is 5.70 Å². The summed E-state index contributed by atoms with van der Waals surface area (Å²) in [5, 5.41) is 0. The molecular weight excluding hydrogens is 142 g/mol. The molecule has 0 amide bonds. The van der Waals surface area contributed by atoms with Gasteiger partial charge in [-0.15, -0.1) is 0 Å². The summed E-state index contributed by atoms with van der Waals surface area (Å²) in [7, 11) is 0. The van der Waals surface area contributed by atoms with E-state index in [1.807, 2.05) is 13.8 Å². The predicted molar refractivity (Wildman–Crippen MR) is 43.7 cm³/mol. The molecule has 0 aliphatic heterocycles. The molecule has 0 radical (unpaired) electrons. The van der Waals surface area contributed by atoms with Crippen LogP contribution in [0, 0.1) is 5.92 Å². The molecule has 0 aromatic rings. The molecule has 3 nitrogen and oxygen atoms in total. The summed E-state index contributed by atoms with van der Waals surface area (Å²) < 4.78 is 4.82. The van der Waals surface area contributed by atoms with Crippen molar-refractivity contribution < 1.29 is 9.53 Å². The van der Waals surface area contributed by atoms with Crippen molar-refractivity contribution in [2.24, 2.45) is 11.7 Å². The molecule has 2 N–H and O–H groups in total. The van der Waals surface area contributed by atoms with Crippen molar-refractivity contribution in [2.75, 3.05) is 6.61 Å². The normalized spacial score (nSPS) is 11.8. The highest BCUT2D eigenvalue weighted by Crippen LogP contribution is 1.95. The number of hydrogen-bond donors (Lipinski definition) is 1. The Morgan fingerprint density at radius 1 is 1.64 bits per heavy atom. The van der Waals surface area contributed by atoms with Crippen LogP contribution in [0.25, 0.3) is 0 Å². The number of hydrogen-bond acceptors (Lipinski definition) is 3. The van der Waals surface area contributed by atoms with E-state index in [4.69, 9.17) is 10.5 Å². The second-order valence-corrected chi connectivity index (χ2v) is 2.74. The van der Waals surface area contributed by atoms with Gasteiger partial charge in [-0.25, -0.2) is 4.79 Å². The molecule has 0 saturated carbocycles. The summed E-state index contributed by atoms with van der Waals surface area (Å²) >= 11 is 0. The first-order valence-corrected chi connectivity index (χ1v) is 3.66. The third kappa shape index (κ3) is 4.42. The van der Waals surface area contributed by atoms with Crippen LogP contribution in [-0.2, 0) is 9.53 Å². The Morgan fingerprint density at radius 2 is 2.18 bits per heavy atom. The van der Waals surface area contributed by atoms with E-state index in [9.17, 15) is 4.79 Å². The second-order valence-electron chi connectivity index (χ2n) is 2.74. The lowest BCUT2D eigenvalue weighted by Crippen LogP contribution is -2.16. The van der Waals surface area contributed by atoms with Crippen molar-refractivity contribution in [3.05, 3.63) is 11.8 Å². The fourth-order valence-electron chi connectivity index (χ4n) is 0.444. The van der Waals surface area contributed by atoms with Crippen molar-refractivity contribution in [3.8, 4) is 0 Å². The zero-order valence-electron chi connectivity index (χ0n) is 7.26. The first-order chi connectivity index (χ1) is 5.07. The molecule has 0 unspecified atom stereocenters. The van der Waals surface area contributed by atoms with Gasteiger partial charge in [-0.1, -0.05) is 19.9 Å². The highest BCUT2D eigenvalue weighted by Gasteiger charge is 2.05. The fraction of sp³-hybridized carbons (Fsp3) is 0.625. The van der Waals surface area contributed by atoms with E-state index in [0.717, 1.165) is 0 Å². The molecule has 0 fully saturated rings. The highest BCUT2D eigenvalue weighted by atomic mass is 16.5. The maximum atomic E-state index is 10.9. The molecule has 0 heterocycles. The first-order valence-electron chi connectivity index (χ1n) is 3.66. The van der Waals surface area contributed by atoms with Crippen LogP contribution in [0.4, 0.5) is 0 Å². The van der Waals surface area contributed by atoms with E-state index in [1.165, 1.54) is 6.08 Å². The maximum Gasteiger partial charge on any atom is 0.353 e. The molecule has 0 aliphatic carbocycles. The van der Waals surface area contributed by atoms with Gasteiger partial charge in [0.1, 0.15) is 5.70 Å². The summed E-state index contributed by atoms with van der Waals surface area (Å²) in [4.78, 5) is 10.9. The number of rotatable bonds is 3. The molecule has 3 heteroatoms. The van der Waals surface area contributed by atoms with Crippen LogP contribution in [-0.4, -0.2) is 12.6 Å². The molecule has 0 spiro atoms. The van der Waals surface area contributed by atoms with Gasteiger partial charge >= 0.3 is 5.97 Å². The van der Waals surface area contributed by atoms with Gasteiger partial charge in [0.2, 0.25) is 0 Å². The van der Waals surface area contributed by atoms with Crippen molar-refractivity contribution >= 4 is 5.97 Å². The number of allylic oxidation sites excluding steroid dienone is 1. The van der Waals surface area contributed by atoms with Crippen LogP contribution >= 0.6 is 0 Å². The van der Waals surface area contributed by atoms with E-state index in [2.05, 4.69) is 0 Å². The topological polar surface area (TPSA) is 52.3 Å². The number of esters is 1. The lowest BCUT2D eigenvalue weighted by Gasteiger charge is -2.06. The Morgan fingerprint density at radius 3 is 2.55 bits per heavy atom. The first kappa shape index (κ1) is 10.0. The summed E-state index contributed by atoms with van der Waals surface area (Å²) in [6.45, 7) is 6.07. The number of carbonyl (C=O) groups is 1. The van der Waals surface area contributed by atoms with Crippen LogP contribution in [0.15, 0.2) is 11.8 Å². The van der Waals surface area contributed by atoms with Gasteiger partial charge in [0.15, 0.2) is 0 Å². The van der Waals surface area contributed by atoms with E-state index in [1.54, 1.807) is 6.92 Å². The second kappa shape index (κ2) is 4.77. The maximum absolute atomic E-state index is 10.9. The minimum absolute atomic E-state index is 0.172. The average Bonchev–Trinajstić information content (AvgIpc) is 1.98. The van der Waals surface area contributed by atoms with Gasteiger partial charge in [-0.05, 0) is 12.8 Å². The molecule has 0 rings (SSSR count). The third-order valence-corrected chi connectivity index (χ3v) is 1.09. The van der Waals surface area contributed by atoms with Crippen LogP contribution in [0.1, 0.15) is 20.8 Å². The van der Waals surface area contributed by atoms with Crippen molar-refractivity contribution in [1.82, 2.24) is 0 Å². The van der Waals surface area contributed by atoms with Crippen molar-refractivity contribution in [3.63, 3.8) is 0 Å². The van der Waals surface area contributed by atoms with E-state index < -0.39 is 5.97 Å². The van der Waals surface area contributed by atoms with Crippen LogP contribution in [0.5, 0.6) is 0 Å². The summed E-state index contributed by atoms with van der Waals surface area (Å²) in [6.07, 6.45) is 1.53. The molecule has 0 aromatic carbocycles. The minimum Gasteiger partial charge on any atom is -0.461 e. The molecule has 0 aliphatic rings. The SMILES string of the molecule is C/C=C(\N)C(=O)OCC(C)C. The Labute approximate surface area is 67.2 Å². The Bertz CT molecular complexity index is 161. The Kier molecular flexibility index (Phi) is 4.34. The summed E-state index contributed by atoms with van der Waals surface area (Å²) in [5.41, 5.74) is 5.46. The standard InChI is InChI=1S/C8H15NO2/c1-4-7(9)8(10)11-5-6(2)3/h4,6H,5,9H2,1-3H3/b7-4-. The molecule has 0 saturated heterocycles. The lowest BCUT2D eigenvalue weighted by atomic mass is 10.2. The lowest BCUT2D eigenvalue weighted by molar-refractivity contribution is -0.140. The zero-order valence-corrected chi connectivity index (χ0v) is 7.26. The van der Waals surface area contributed by atoms with Gasteiger partial charge in [-0.2, -0.15) is 0 Å². The predicted octanol–water partition coefficient (Wildman–Crippen LogP) is 1.05. The van der Waals surface area contributed by atoms with Gasteiger partial charge in [0.05, 0.1) is 6.61 Å². The fourth-order valence-corrected chi connectivity index (χ4v) is 0.444. The van der Waals surface area contributed by atoms with Gasteiger partial charge in [-0.3, -0.25) is 0 Å². The smallest absolute Gasteiger partial charge is 0.353 e. The van der Waals surface area contributed by atoms with E-state index in [0.29, 0.717) is 12.5 Å². The number of ether oxygens (including phenoxy) is 1. The summed E-state index contributed by atoms with van der Waals surface area (Å²) in [5.74, 6) is -0.0789. The monoisotopic (exact) mass is 157 g/mol. The highest BCUT2D eigenvalue weighted by molar-refractivity contribution is 5.87. The van der Waals surface area contributed by atoms with Gasteiger partial charge < -0.3 is 10.5 Å². The Hall–Kier alpha value is -0.990. The quantitative estimate of drug-likeness (QED) is 0.492. The van der Waals surface area contributed by atoms with Crippen molar-refractivity contribution in [1.29, 1.82) is 0 Å². The van der Waals surface area contributed by atoms with Crippen LogP contribution in [0.2, 0.25) is 0 Å². The Balaban J connectivity index is 3.71. The molecular formula is C8H15NO2. The average molecular weight is 157 g/mol. The molecule has 0 atom stereocenters. The largest absolute Gasteiger partial charge is 0.461 e. The zero-order chi connectivity index (χ0) is 8.85. The van der Waals surface area contributed by atoms with Crippen LogP contribution < -0.4 is 5.73 Å². The van der Waals surface area contributed by atoms with Gasteiger partial charge in [0, 0.05) is 0 Å². The molecule has 0 bridgehead atoms.